The molecule has 1 aliphatic rings. The number of aliphatic hydroxyl groups is 1. The van der Waals surface area contributed by atoms with Crippen molar-refractivity contribution in [1.82, 2.24) is 9.88 Å². The van der Waals surface area contributed by atoms with Gasteiger partial charge in [0.2, 0.25) is 0 Å². The number of aryl methyl sites for hydroxylation is 1. The van der Waals surface area contributed by atoms with E-state index in [4.69, 9.17) is 9.72 Å². The lowest BCUT2D eigenvalue weighted by atomic mass is 10.0. The predicted molar refractivity (Wildman–Crippen MR) is 145 cm³/mol. The fourth-order valence-electron chi connectivity index (χ4n) is 4.83. The summed E-state index contributed by atoms with van der Waals surface area (Å²) in [5.74, 6) is 1.64. The summed E-state index contributed by atoms with van der Waals surface area (Å²) in [6.07, 6.45) is 1.35. The summed E-state index contributed by atoms with van der Waals surface area (Å²) < 4.78 is 5.31. The number of ether oxygens (including phenoxy) is 1. The van der Waals surface area contributed by atoms with E-state index in [0.717, 1.165) is 58.5 Å². The zero-order valence-electron chi connectivity index (χ0n) is 20.7. The van der Waals surface area contributed by atoms with E-state index in [-0.39, 0.29) is 12.0 Å². The minimum Gasteiger partial charge on any atom is -0.497 e. The number of methoxy groups -OCH3 is 1. The molecule has 0 saturated carbocycles. The van der Waals surface area contributed by atoms with Gasteiger partial charge in [0.05, 0.1) is 30.2 Å². The van der Waals surface area contributed by atoms with Crippen LogP contribution in [0.15, 0.2) is 66.0 Å². The largest absolute Gasteiger partial charge is 0.497 e. The molecule has 1 atom stereocenters. The number of β-amino-alcohol motifs (C(OH)–C–C–N with tert-alkyl or cyclic N) is 1. The number of para-hydroxylation sites is 1. The van der Waals surface area contributed by atoms with Crippen molar-refractivity contribution in [3.63, 3.8) is 0 Å². The topological polar surface area (TPSA) is 65.9 Å². The third-order valence-corrected chi connectivity index (χ3v) is 7.57. The molecule has 1 amide bonds. The fourth-order valence-corrected chi connectivity index (χ4v) is 5.52. The number of rotatable bonds is 7. The Morgan fingerprint density at radius 1 is 1.17 bits per heavy atom. The van der Waals surface area contributed by atoms with Crippen LogP contribution < -0.4 is 9.64 Å². The molecule has 5 rings (SSSR count). The van der Waals surface area contributed by atoms with E-state index in [1.807, 2.05) is 52.7 Å². The molecule has 0 radical (unpaired) electrons. The van der Waals surface area contributed by atoms with E-state index in [9.17, 15) is 9.90 Å². The molecule has 0 bridgehead atoms. The summed E-state index contributed by atoms with van der Waals surface area (Å²) >= 11 is 1.45. The molecule has 7 heteroatoms. The minimum atomic E-state index is -0.371. The average Bonchev–Trinajstić information content (AvgIpc) is 3.43. The lowest BCUT2D eigenvalue weighted by Gasteiger charge is -2.33. The molecule has 1 aliphatic heterocycles. The van der Waals surface area contributed by atoms with Crippen LogP contribution in [-0.4, -0.2) is 47.2 Å². The van der Waals surface area contributed by atoms with Crippen molar-refractivity contribution in [1.29, 1.82) is 0 Å². The Kier molecular flexibility index (Phi) is 7.20. The molecule has 1 fully saturated rings. The normalized spacial score (nSPS) is 15.8. The van der Waals surface area contributed by atoms with Crippen LogP contribution in [0.5, 0.6) is 5.75 Å². The Morgan fingerprint density at radius 2 is 2.00 bits per heavy atom. The highest BCUT2D eigenvalue weighted by molar-refractivity contribution is 7.12. The van der Waals surface area contributed by atoms with Crippen LogP contribution in [0.3, 0.4) is 0 Å². The average molecular weight is 502 g/mol. The van der Waals surface area contributed by atoms with Crippen LogP contribution in [-0.2, 0) is 13.1 Å². The van der Waals surface area contributed by atoms with Gasteiger partial charge in [0, 0.05) is 30.6 Å². The van der Waals surface area contributed by atoms with Gasteiger partial charge in [0.15, 0.2) is 0 Å². The van der Waals surface area contributed by atoms with E-state index in [2.05, 4.69) is 30.0 Å². The molecule has 186 valence electrons. The standard InChI is InChI=1S/C29H31N3O3S/c1-20-6-3-7-22-16-23(28(30-27(20)22)31-14-4-8-24(33)19-31)18-32(29(34)26-9-5-15-36-26)17-21-10-12-25(35-2)13-11-21/h3,5-7,9-13,15-16,24,33H,4,8,14,17-19H2,1-2H3/t24-/m0/s1. The molecule has 1 N–H and O–H groups in total. The van der Waals surface area contributed by atoms with E-state index < -0.39 is 0 Å². The third kappa shape index (κ3) is 5.22. The number of nitrogens with zero attached hydrogens (tertiary/aromatic N) is 3. The molecule has 6 nitrogen and oxygen atoms in total. The van der Waals surface area contributed by atoms with E-state index >= 15 is 0 Å². The summed E-state index contributed by atoms with van der Waals surface area (Å²) in [6.45, 7) is 4.34. The summed E-state index contributed by atoms with van der Waals surface area (Å²) in [6, 6.07) is 20.0. The van der Waals surface area contributed by atoms with Crippen molar-refractivity contribution >= 4 is 34.0 Å². The number of amides is 1. The second-order valence-corrected chi connectivity index (χ2v) is 10.3. The van der Waals surface area contributed by atoms with Gasteiger partial charge in [-0.05, 0) is 60.5 Å². The number of piperidine rings is 1. The zero-order chi connectivity index (χ0) is 25.1. The van der Waals surface area contributed by atoms with Crippen molar-refractivity contribution in [2.24, 2.45) is 0 Å². The molecule has 1 saturated heterocycles. The number of aromatic nitrogens is 1. The second kappa shape index (κ2) is 10.7. The van der Waals surface area contributed by atoms with Crippen molar-refractivity contribution in [3.05, 3.63) is 87.6 Å². The molecule has 36 heavy (non-hydrogen) atoms. The number of benzene rings is 2. The number of hydrogen-bond donors (Lipinski definition) is 1. The highest BCUT2D eigenvalue weighted by atomic mass is 32.1. The summed E-state index contributed by atoms with van der Waals surface area (Å²) in [4.78, 5) is 23.5. The van der Waals surface area contributed by atoms with Crippen LogP contribution in [0.1, 0.15) is 39.2 Å². The molecule has 0 unspecified atom stereocenters. The van der Waals surface area contributed by atoms with E-state index in [1.165, 1.54) is 11.3 Å². The molecular formula is C29H31N3O3S. The van der Waals surface area contributed by atoms with Gasteiger partial charge in [-0.25, -0.2) is 4.98 Å². The van der Waals surface area contributed by atoms with Crippen molar-refractivity contribution < 1.29 is 14.6 Å². The number of thiophene rings is 1. The van der Waals surface area contributed by atoms with Crippen LogP contribution in [0, 0.1) is 6.92 Å². The van der Waals surface area contributed by atoms with Crippen LogP contribution in [0.2, 0.25) is 0 Å². The third-order valence-electron chi connectivity index (χ3n) is 6.71. The maximum atomic E-state index is 13.6. The van der Waals surface area contributed by atoms with Crippen LogP contribution in [0.25, 0.3) is 10.9 Å². The number of aliphatic hydroxyl groups excluding tert-OH is 1. The number of carbonyl (C=O) groups excluding carboxylic acids is 1. The van der Waals surface area contributed by atoms with Crippen molar-refractivity contribution in [2.75, 3.05) is 25.1 Å². The molecule has 4 aromatic rings. The van der Waals surface area contributed by atoms with Gasteiger partial charge in [-0.3, -0.25) is 4.79 Å². The van der Waals surface area contributed by atoms with Crippen LogP contribution in [0.4, 0.5) is 5.82 Å². The Labute approximate surface area is 215 Å². The van der Waals surface area contributed by atoms with Gasteiger partial charge in [0.25, 0.3) is 5.91 Å². The molecular weight excluding hydrogens is 470 g/mol. The first-order valence-electron chi connectivity index (χ1n) is 12.3. The van der Waals surface area contributed by atoms with Gasteiger partial charge in [-0.2, -0.15) is 0 Å². The minimum absolute atomic E-state index is 0.00483. The number of hydrogen-bond acceptors (Lipinski definition) is 6. The smallest absolute Gasteiger partial charge is 0.264 e. The van der Waals surface area contributed by atoms with Gasteiger partial charge in [-0.1, -0.05) is 36.4 Å². The first-order chi connectivity index (χ1) is 17.5. The van der Waals surface area contributed by atoms with Gasteiger partial charge < -0.3 is 19.6 Å². The lowest BCUT2D eigenvalue weighted by molar-refractivity contribution is 0.0735. The Morgan fingerprint density at radius 3 is 2.72 bits per heavy atom. The number of anilines is 1. The van der Waals surface area contributed by atoms with Crippen molar-refractivity contribution in [3.8, 4) is 5.75 Å². The second-order valence-electron chi connectivity index (χ2n) is 9.35. The zero-order valence-corrected chi connectivity index (χ0v) is 21.5. The number of pyridine rings is 1. The number of fused-ring (bicyclic) bond motifs is 1. The molecule has 2 aromatic carbocycles. The first-order valence-corrected chi connectivity index (χ1v) is 13.2. The maximum absolute atomic E-state index is 13.6. The van der Waals surface area contributed by atoms with Crippen LogP contribution >= 0.6 is 11.3 Å². The fraction of sp³-hybridized carbons (Fsp3) is 0.310. The Bertz CT molecular complexity index is 1340. The first kappa shape index (κ1) is 24.3. The Hall–Kier alpha value is -3.42. The highest BCUT2D eigenvalue weighted by Crippen LogP contribution is 2.30. The van der Waals surface area contributed by atoms with Gasteiger partial charge in [-0.15, -0.1) is 11.3 Å². The predicted octanol–water partition coefficient (Wildman–Crippen LogP) is 5.42. The monoisotopic (exact) mass is 501 g/mol. The lowest BCUT2D eigenvalue weighted by Crippen LogP contribution is -2.40. The molecule has 2 aromatic heterocycles. The van der Waals surface area contributed by atoms with Gasteiger partial charge in [0.1, 0.15) is 11.6 Å². The van der Waals surface area contributed by atoms with Crippen molar-refractivity contribution in [2.45, 2.75) is 39.0 Å². The highest BCUT2D eigenvalue weighted by Gasteiger charge is 2.25. The Balaban J connectivity index is 1.55. The number of carbonyl (C=O) groups is 1. The summed E-state index contributed by atoms with van der Waals surface area (Å²) in [5.41, 5.74) is 4.09. The maximum Gasteiger partial charge on any atom is 0.264 e. The van der Waals surface area contributed by atoms with Gasteiger partial charge >= 0.3 is 0 Å². The summed E-state index contributed by atoms with van der Waals surface area (Å²) in [7, 11) is 1.65. The quantitative estimate of drug-likeness (QED) is 0.366. The molecule has 3 heterocycles. The molecule has 0 aliphatic carbocycles. The van der Waals surface area contributed by atoms with E-state index in [1.54, 1.807) is 7.11 Å². The summed E-state index contributed by atoms with van der Waals surface area (Å²) in [5, 5.41) is 13.4. The van der Waals surface area contributed by atoms with E-state index in [0.29, 0.717) is 24.5 Å². The molecule has 0 spiro atoms. The SMILES string of the molecule is COc1ccc(CN(Cc2cc3cccc(C)c3nc2N2CCC[C@H](O)C2)C(=O)c2cccs2)cc1.